The predicted octanol–water partition coefficient (Wildman–Crippen LogP) is 1.77. The average Bonchev–Trinajstić information content (AvgIpc) is 2.15. The van der Waals surface area contributed by atoms with Crippen LogP contribution in [0.5, 0.6) is 0 Å². The lowest BCUT2D eigenvalue weighted by Gasteiger charge is -1.98. The van der Waals surface area contributed by atoms with Crippen LogP contribution in [0.4, 0.5) is 0 Å². The van der Waals surface area contributed by atoms with Gasteiger partial charge in [0.2, 0.25) is 14.4 Å². The molecule has 0 unspecified atom stereocenters. The van der Waals surface area contributed by atoms with Crippen LogP contribution in [-0.2, 0) is 4.79 Å². The van der Waals surface area contributed by atoms with Crippen LogP contribution in [0.3, 0.4) is 0 Å². The zero-order valence-corrected chi connectivity index (χ0v) is 11.0. The number of nitrogens with two attached hydrogens (primary N) is 2. The van der Waals surface area contributed by atoms with Crippen molar-refractivity contribution >= 4 is 14.4 Å². The minimum Gasteiger partial charge on any atom is -0.370 e. The summed E-state index contributed by atoms with van der Waals surface area (Å²) >= 11 is 0. The van der Waals surface area contributed by atoms with Crippen molar-refractivity contribution in [3.05, 3.63) is 0 Å². The van der Waals surface area contributed by atoms with Crippen molar-refractivity contribution in [2.45, 2.75) is 58.3 Å². The summed E-state index contributed by atoms with van der Waals surface area (Å²) in [7, 11) is -2.12. The van der Waals surface area contributed by atoms with Gasteiger partial charge in [0.25, 0.3) is 0 Å². The summed E-state index contributed by atoms with van der Waals surface area (Å²) in [5, 5.41) is 0. The number of hydrogen-bond acceptors (Lipinski definition) is 4. The summed E-state index contributed by atoms with van der Waals surface area (Å²) in [5.41, 5.74) is 9.30. The van der Waals surface area contributed by atoms with Gasteiger partial charge >= 0.3 is 0 Å². The maximum atomic E-state index is 10.4. The van der Waals surface area contributed by atoms with Crippen LogP contribution in [0.25, 0.3) is 0 Å². The molecule has 16 heavy (non-hydrogen) atoms. The monoisotopic (exact) mass is 252 g/mol. The average molecular weight is 252 g/mol. The van der Waals surface area contributed by atoms with E-state index in [0.717, 1.165) is 12.8 Å². The highest BCUT2D eigenvalue weighted by atomic mass is 31.2. The molecule has 0 aliphatic rings. The first kappa shape index (κ1) is 18.2. The van der Waals surface area contributed by atoms with E-state index >= 15 is 0 Å². The number of primary amides is 1. The van der Waals surface area contributed by atoms with Crippen molar-refractivity contribution in [3.63, 3.8) is 0 Å². The van der Waals surface area contributed by atoms with Crippen molar-refractivity contribution in [1.82, 2.24) is 0 Å². The van der Waals surface area contributed by atoms with Gasteiger partial charge in [0.1, 0.15) is 0 Å². The molecule has 98 valence electrons. The maximum absolute atomic E-state index is 10.4. The van der Waals surface area contributed by atoms with Crippen molar-refractivity contribution in [2.24, 2.45) is 11.2 Å². The van der Waals surface area contributed by atoms with Crippen LogP contribution < -0.4 is 11.2 Å². The topological polar surface area (TPSA) is 110 Å². The molecule has 0 radical (unpaired) electrons. The van der Waals surface area contributed by atoms with E-state index in [0.29, 0.717) is 6.42 Å². The molecule has 0 saturated carbocycles. The maximum Gasteiger partial charge on any atom is 0.247 e. The first-order valence-corrected chi connectivity index (χ1v) is 7.03. The number of carbonyl (C=O) groups is 1. The summed E-state index contributed by atoms with van der Waals surface area (Å²) in [4.78, 5) is 25.3. The molecule has 0 aromatic heterocycles. The molecule has 0 rings (SSSR count). The van der Waals surface area contributed by atoms with E-state index in [1.165, 1.54) is 32.1 Å². The predicted molar refractivity (Wildman–Crippen MR) is 67.3 cm³/mol. The van der Waals surface area contributed by atoms with Crippen LogP contribution in [0.1, 0.15) is 58.3 Å². The van der Waals surface area contributed by atoms with Crippen LogP contribution >= 0.6 is 8.53 Å². The van der Waals surface area contributed by atoms with Gasteiger partial charge in [0.15, 0.2) is 0 Å². The second kappa shape index (κ2) is 14.8. The van der Waals surface area contributed by atoms with Crippen LogP contribution in [0.2, 0.25) is 0 Å². The fourth-order valence-corrected chi connectivity index (χ4v) is 1.26. The summed E-state index contributed by atoms with van der Waals surface area (Å²) in [6.07, 6.45) is 9.24. The van der Waals surface area contributed by atoms with Crippen LogP contribution in [0.15, 0.2) is 0 Å². The van der Waals surface area contributed by atoms with Gasteiger partial charge in [0.05, 0.1) is 0 Å². The van der Waals surface area contributed by atoms with E-state index in [-0.39, 0.29) is 5.91 Å². The molecule has 6 heteroatoms. The Morgan fingerprint density at radius 3 is 1.81 bits per heavy atom. The van der Waals surface area contributed by atoms with Crippen molar-refractivity contribution in [1.29, 1.82) is 0 Å². The first-order chi connectivity index (χ1) is 7.50. The highest BCUT2D eigenvalue weighted by molar-refractivity contribution is 7.42. The van der Waals surface area contributed by atoms with E-state index in [4.69, 9.17) is 15.5 Å². The lowest BCUT2D eigenvalue weighted by atomic mass is 10.1. The lowest BCUT2D eigenvalue weighted by molar-refractivity contribution is -0.118. The quantitative estimate of drug-likeness (QED) is 0.390. The smallest absolute Gasteiger partial charge is 0.247 e. The Labute approximate surface area is 99.2 Å². The second-order valence-corrected chi connectivity index (χ2v) is 4.30. The summed E-state index contributed by atoms with van der Waals surface area (Å²) in [6, 6.07) is 0. The van der Waals surface area contributed by atoms with Crippen molar-refractivity contribution in [3.8, 4) is 0 Å². The molecule has 6 N–H and O–H groups in total. The Bertz CT molecular complexity index is 154. The fourth-order valence-electron chi connectivity index (χ4n) is 1.26. The molecule has 1 amide bonds. The molecule has 0 spiro atoms. The van der Waals surface area contributed by atoms with Gasteiger partial charge in [-0.3, -0.25) is 10.3 Å². The number of amides is 1. The third-order valence-corrected chi connectivity index (χ3v) is 2.03. The number of hydrogen-bond donors (Lipinski definition) is 4. The lowest BCUT2D eigenvalue weighted by Crippen LogP contribution is -2.09. The summed E-state index contributed by atoms with van der Waals surface area (Å²) < 4.78 is 0. The highest BCUT2D eigenvalue weighted by Gasteiger charge is 1.94. The molecule has 0 aromatic carbocycles. The van der Waals surface area contributed by atoms with Crippen LogP contribution in [0, 0.1) is 0 Å². The largest absolute Gasteiger partial charge is 0.370 e. The van der Waals surface area contributed by atoms with Gasteiger partial charge in [-0.1, -0.05) is 45.4 Å². The van der Waals surface area contributed by atoms with E-state index in [1.807, 2.05) is 0 Å². The molecule has 0 aromatic rings. The minimum absolute atomic E-state index is 0.163. The van der Waals surface area contributed by atoms with Crippen molar-refractivity contribution in [2.75, 3.05) is 0 Å². The Hall–Kier alpha value is -0.220. The standard InChI is InChI=1S/C10H21NO.H4NO2P/c1-2-3-4-5-6-7-8-9-10(11)12;1-4(2)3/h2-9H2,1H3,(H2,11,12);2-3H,1H2. The van der Waals surface area contributed by atoms with Gasteiger partial charge in [-0.25, -0.2) is 0 Å². The zero-order chi connectivity index (χ0) is 12.8. The SMILES string of the molecule is CCCCCCCCCC(N)=O.NP(O)O. The van der Waals surface area contributed by atoms with Crippen LogP contribution in [-0.4, -0.2) is 15.7 Å². The Morgan fingerprint density at radius 1 is 1.06 bits per heavy atom. The molecule has 0 saturated heterocycles. The first-order valence-electron chi connectivity index (χ1n) is 5.71. The van der Waals surface area contributed by atoms with E-state index in [2.05, 4.69) is 12.4 Å². The van der Waals surface area contributed by atoms with E-state index in [9.17, 15) is 4.79 Å². The number of unbranched alkanes of at least 4 members (excludes halogenated alkanes) is 6. The van der Waals surface area contributed by atoms with E-state index < -0.39 is 8.53 Å². The minimum atomic E-state index is -2.12. The van der Waals surface area contributed by atoms with Gasteiger partial charge < -0.3 is 15.5 Å². The molecule has 0 aliphatic carbocycles. The van der Waals surface area contributed by atoms with E-state index in [1.54, 1.807) is 0 Å². The third-order valence-electron chi connectivity index (χ3n) is 2.03. The van der Waals surface area contributed by atoms with Gasteiger partial charge in [-0.15, -0.1) is 0 Å². The molecular weight excluding hydrogens is 227 g/mol. The molecule has 0 heterocycles. The molecule has 0 bridgehead atoms. The summed E-state index contributed by atoms with van der Waals surface area (Å²) in [6.45, 7) is 2.22. The molecule has 5 nitrogen and oxygen atoms in total. The van der Waals surface area contributed by atoms with Gasteiger partial charge in [-0.05, 0) is 6.42 Å². The molecule has 0 atom stereocenters. The zero-order valence-electron chi connectivity index (χ0n) is 10.1. The summed E-state index contributed by atoms with van der Waals surface area (Å²) in [5.74, 6) is -0.163. The Balaban J connectivity index is 0. The molecule has 0 fully saturated rings. The number of carbonyl (C=O) groups excluding carboxylic acids is 1. The fraction of sp³-hybridized carbons (Fsp3) is 0.900. The molecule has 0 aliphatic heterocycles. The second-order valence-electron chi connectivity index (χ2n) is 3.66. The normalized spacial score (nSPS) is 9.81. The number of rotatable bonds is 8. The third kappa shape index (κ3) is 29.2. The Morgan fingerprint density at radius 2 is 1.44 bits per heavy atom. The molecular formula is C10H25N2O3P. The van der Waals surface area contributed by atoms with Gasteiger partial charge in [0, 0.05) is 6.42 Å². The highest BCUT2D eigenvalue weighted by Crippen LogP contribution is 2.07. The van der Waals surface area contributed by atoms with Crippen molar-refractivity contribution < 1.29 is 14.6 Å². The van der Waals surface area contributed by atoms with Gasteiger partial charge in [-0.2, -0.15) is 0 Å². The Kier molecular flexibility index (Phi) is 16.8.